The number of nitrogens with zero attached hydrogens (tertiary/aromatic N) is 2. The number of pyridine rings is 1. The first-order valence-corrected chi connectivity index (χ1v) is 7.14. The molecule has 5 heteroatoms. The van der Waals surface area contributed by atoms with Crippen molar-refractivity contribution in [3.05, 3.63) is 58.9 Å². The van der Waals surface area contributed by atoms with E-state index in [2.05, 4.69) is 16.8 Å². The van der Waals surface area contributed by atoms with E-state index in [1.165, 1.54) is 0 Å². The van der Waals surface area contributed by atoms with Crippen LogP contribution in [0.5, 0.6) is 0 Å². The Bertz CT molecular complexity index is 601. The molecule has 1 aromatic heterocycles. The minimum absolute atomic E-state index is 0.353. The maximum atomic E-state index is 6.34. The minimum Gasteiger partial charge on any atom is -0.389 e. The van der Waals surface area contributed by atoms with Crippen molar-refractivity contribution < 1.29 is 0 Å². The molecular weight excluding hydrogens is 290 g/mol. The molecule has 0 saturated heterocycles. The van der Waals surface area contributed by atoms with Crippen molar-refractivity contribution in [2.24, 2.45) is 5.73 Å². The monoisotopic (exact) mass is 305 g/mol. The molecule has 0 fully saturated rings. The van der Waals surface area contributed by atoms with Crippen LogP contribution in [-0.4, -0.2) is 16.5 Å². The highest BCUT2D eigenvalue weighted by Gasteiger charge is 2.11. The highest BCUT2D eigenvalue weighted by atomic mass is 35.5. The van der Waals surface area contributed by atoms with Crippen LogP contribution in [0.25, 0.3) is 0 Å². The molecule has 0 unspecified atom stereocenters. The Balaban J connectivity index is 2.26. The topological polar surface area (TPSA) is 42.2 Å². The van der Waals surface area contributed by atoms with Gasteiger partial charge in [0.05, 0.1) is 22.9 Å². The Morgan fingerprint density at radius 3 is 2.70 bits per heavy atom. The van der Waals surface area contributed by atoms with Gasteiger partial charge < -0.3 is 10.6 Å². The summed E-state index contributed by atoms with van der Waals surface area (Å²) in [6, 6.07) is 11.5. The summed E-state index contributed by atoms with van der Waals surface area (Å²) < 4.78 is 0. The number of hydrogen-bond donors (Lipinski definition) is 1. The average Bonchev–Trinajstić information content (AvgIpc) is 2.46. The SMILES string of the molecule is CCN(Cc1ccccn1)c1ccc(C(N)=S)cc1Cl. The van der Waals surface area contributed by atoms with Crippen LogP contribution in [0.1, 0.15) is 18.2 Å². The van der Waals surface area contributed by atoms with E-state index in [0.29, 0.717) is 16.6 Å². The molecule has 1 heterocycles. The molecule has 20 heavy (non-hydrogen) atoms. The van der Waals surface area contributed by atoms with Gasteiger partial charge in [-0.25, -0.2) is 0 Å². The lowest BCUT2D eigenvalue weighted by atomic mass is 10.2. The first-order valence-electron chi connectivity index (χ1n) is 6.36. The maximum Gasteiger partial charge on any atom is 0.104 e. The summed E-state index contributed by atoms with van der Waals surface area (Å²) in [5, 5.41) is 0.646. The van der Waals surface area contributed by atoms with Crippen molar-refractivity contribution >= 4 is 34.5 Å². The highest BCUT2D eigenvalue weighted by molar-refractivity contribution is 7.80. The van der Waals surface area contributed by atoms with Crippen LogP contribution in [-0.2, 0) is 6.54 Å². The zero-order valence-corrected chi connectivity index (χ0v) is 12.8. The number of aromatic nitrogens is 1. The van der Waals surface area contributed by atoms with Crippen LogP contribution in [0.2, 0.25) is 5.02 Å². The van der Waals surface area contributed by atoms with Gasteiger partial charge in [-0.3, -0.25) is 4.98 Å². The van der Waals surface area contributed by atoms with Gasteiger partial charge >= 0.3 is 0 Å². The number of hydrogen-bond acceptors (Lipinski definition) is 3. The van der Waals surface area contributed by atoms with Crippen LogP contribution < -0.4 is 10.6 Å². The molecule has 0 amide bonds. The second-order valence-corrected chi connectivity index (χ2v) is 5.21. The Morgan fingerprint density at radius 2 is 2.15 bits per heavy atom. The van der Waals surface area contributed by atoms with Crippen LogP contribution >= 0.6 is 23.8 Å². The molecule has 2 aromatic rings. The van der Waals surface area contributed by atoms with Gasteiger partial charge in [-0.05, 0) is 37.3 Å². The second-order valence-electron chi connectivity index (χ2n) is 4.37. The Kier molecular flexibility index (Phi) is 4.93. The Labute approximate surface area is 129 Å². The first-order chi connectivity index (χ1) is 9.61. The molecule has 0 saturated carbocycles. The molecule has 0 spiro atoms. The minimum atomic E-state index is 0.353. The molecule has 0 radical (unpaired) electrons. The van der Waals surface area contributed by atoms with E-state index in [4.69, 9.17) is 29.6 Å². The molecule has 0 aliphatic rings. The van der Waals surface area contributed by atoms with Crippen molar-refractivity contribution in [3.8, 4) is 0 Å². The van der Waals surface area contributed by atoms with E-state index >= 15 is 0 Å². The molecule has 0 aliphatic carbocycles. The largest absolute Gasteiger partial charge is 0.389 e. The van der Waals surface area contributed by atoms with E-state index in [1.54, 1.807) is 12.3 Å². The normalized spacial score (nSPS) is 10.3. The maximum absolute atomic E-state index is 6.34. The first kappa shape index (κ1) is 14.8. The third-order valence-corrected chi connectivity index (χ3v) is 3.57. The third-order valence-electron chi connectivity index (χ3n) is 3.03. The van der Waals surface area contributed by atoms with Gasteiger partial charge in [0.1, 0.15) is 4.99 Å². The van der Waals surface area contributed by atoms with Crippen molar-refractivity contribution in [1.29, 1.82) is 0 Å². The van der Waals surface area contributed by atoms with Crippen LogP contribution in [0.15, 0.2) is 42.6 Å². The van der Waals surface area contributed by atoms with Gasteiger partial charge in [0.25, 0.3) is 0 Å². The van der Waals surface area contributed by atoms with Crippen LogP contribution in [0.3, 0.4) is 0 Å². The fourth-order valence-electron chi connectivity index (χ4n) is 1.97. The molecule has 0 aliphatic heterocycles. The Morgan fingerprint density at radius 1 is 1.35 bits per heavy atom. The zero-order chi connectivity index (χ0) is 14.5. The van der Waals surface area contributed by atoms with Gasteiger partial charge in [0, 0.05) is 18.3 Å². The molecule has 2 rings (SSSR count). The van der Waals surface area contributed by atoms with E-state index in [0.717, 1.165) is 23.5 Å². The summed E-state index contributed by atoms with van der Waals surface area (Å²) in [6.45, 7) is 3.63. The standard InChI is InChI=1S/C15H16ClN3S/c1-2-19(10-12-5-3-4-8-18-12)14-7-6-11(15(17)20)9-13(14)16/h3-9H,2,10H2,1H3,(H2,17,20). The van der Waals surface area contributed by atoms with Crippen LogP contribution in [0.4, 0.5) is 5.69 Å². The lowest BCUT2D eigenvalue weighted by Gasteiger charge is -2.24. The molecule has 104 valence electrons. The number of anilines is 1. The number of halogens is 1. The average molecular weight is 306 g/mol. The molecule has 2 N–H and O–H groups in total. The quantitative estimate of drug-likeness (QED) is 0.860. The fraction of sp³-hybridized carbons (Fsp3) is 0.200. The Hall–Kier alpha value is -1.65. The predicted octanol–water partition coefficient (Wildman–Crippen LogP) is 3.40. The number of thiocarbonyl (C=S) groups is 1. The van der Waals surface area contributed by atoms with E-state index in [9.17, 15) is 0 Å². The van der Waals surface area contributed by atoms with E-state index < -0.39 is 0 Å². The van der Waals surface area contributed by atoms with Crippen molar-refractivity contribution in [2.45, 2.75) is 13.5 Å². The summed E-state index contributed by atoms with van der Waals surface area (Å²) in [4.78, 5) is 6.86. The summed E-state index contributed by atoms with van der Waals surface area (Å²) in [5.74, 6) is 0. The van der Waals surface area contributed by atoms with E-state index in [1.807, 2.05) is 30.3 Å². The van der Waals surface area contributed by atoms with Gasteiger partial charge in [-0.1, -0.05) is 29.9 Å². The summed E-state index contributed by atoms with van der Waals surface area (Å²) in [7, 11) is 0. The van der Waals surface area contributed by atoms with Gasteiger partial charge in [0.2, 0.25) is 0 Å². The number of benzene rings is 1. The lowest BCUT2D eigenvalue weighted by Crippen LogP contribution is -2.23. The smallest absolute Gasteiger partial charge is 0.104 e. The van der Waals surface area contributed by atoms with E-state index in [-0.39, 0.29) is 0 Å². The van der Waals surface area contributed by atoms with Gasteiger partial charge in [0.15, 0.2) is 0 Å². The highest BCUT2D eigenvalue weighted by Crippen LogP contribution is 2.27. The fourth-order valence-corrected chi connectivity index (χ4v) is 2.40. The molecule has 1 aromatic carbocycles. The summed E-state index contributed by atoms with van der Waals surface area (Å²) >= 11 is 11.3. The summed E-state index contributed by atoms with van der Waals surface area (Å²) in [6.07, 6.45) is 1.79. The van der Waals surface area contributed by atoms with Crippen molar-refractivity contribution in [3.63, 3.8) is 0 Å². The summed E-state index contributed by atoms with van der Waals surface area (Å²) in [5.41, 5.74) is 8.36. The number of nitrogens with two attached hydrogens (primary N) is 1. The van der Waals surface area contributed by atoms with Gasteiger partial charge in [-0.2, -0.15) is 0 Å². The third kappa shape index (κ3) is 3.46. The molecule has 3 nitrogen and oxygen atoms in total. The van der Waals surface area contributed by atoms with Crippen molar-refractivity contribution in [2.75, 3.05) is 11.4 Å². The zero-order valence-electron chi connectivity index (χ0n) is 11.2. The molecule has 0 atom stereocenters. The van der Waals surface area contributed by atoms with Crippen molar-refractivity contribution in [1.82, 2.24) is 4.98 Å². The predicted molar refractivity (Wildman–Crippen MR) is 88.3 cm³/mol. The molecular formula is C15H16ClN3S. The van der Waals surface area contributed by atoms with Crippen LogP contribution in [0, 0.1) is 0 Å². The van der Waals surface area contributed by atoms with Gasteiger partial charge in [-0.15, -0.1) is 0 Å². The lowest BCUT2D eigenvalue weighted by molar-refractivity contribution is 0.810. The molecule has 0 bridgehead atoms. The second kappa shape index (κ2) is 6.68. The number of rotatable bonds is 5.